The lowest BCUT2D eigenvalue weighted by Crippen LogP contribution is -1.95. The molecule has 0 aliphatic rings. The fourth-order valence-electron chi connectivity index (χ4n) is 1.98. The molecule has 1 heterocycles. The summed E-state index contributed by atoms with van der Waals surface area (Å²) in [5.41, 5.74) is 3.58. The van der Waals surface area contributed by atoms with Crippen LogP contribution < -0.4 is 0 Å². The summed E-state index contributed by atoms with van der Waals surface area (Å²) in [4.78, 5) is 0. The van der Waals surface area contributed by atoms with Crippen LogP contribution in [-0.4, -0.2) is 0 Å². The topological polar surface area (TPSA) is 13.1 Å². The van der Waals surface area contributed by atoms with Crippen molar-refractivity contribution in [1.82, 2.24) is 0 Å². The van der Waals surface area contributed by atoms with Crippen LogP contribution in [0.5, 0.6) is 0 Å². The van der Waals surface area contributed by atoms with Crippen molar-refractivity contribution in [3.8, 4) is 0 Å². The fraction of sp³-hybridized carbons (Fsp3) is 0.333. The van der Waals surface area contributed by atoms with Crippen LogP contribution in [0.1, 0.15) is 40.5 Å². The van der Waals surface area contributed by atoms with Crippen molar-refractivity contribution < 1.29 is 4.42 Å². The molecule has 0 fully saturated rings. The molecule has 1 aromatic carbocycles. The molecule has 0 bridgehead atoms. The summed E-state index contributed by atoms with van der Waals surface area (Å²) in [6.45, 7) is 6.24. The minimum Gasteiger partial charge on any atom is -0.464 e. The van der Waals surface area contributed by atoms with Crippen LogP contribution in [0.2, 0.25) is 0 Å². The Morgan fingerprint density at radius 3 is 2.53 bits per heavy atom. The van der Waals surface area contributed by atoms with Gasteiger partial charge in [-0.2, -0.15) is 0 Å². The molecule has 2 rings (SSSR count). The van der Waals surface area contributed by atoms with E-state index in [1.807, 2.05) is 12.1 Å². The van der Waals surface area contributed by atoms with Gasteiger partial charge in [0.2, 0.25) is 0 Å². The predicted molar refractivity (Wildman–Crippen MR) is 71.7 cm³/mol. The highest BCUT2D eigenvalue weighted by Crippen LogP contribution is 2.32. The Balaban J connectivity index is 2.33. The molecule has 0 N–H and O–H groups in total. The number of halogens is 1. The highest BCUT2D eigenvalue weighted by molar-refractivity contribution is 6.22. The van der Waals surface area contributed by atoms with Crippen LogP contribution in [0.15, 0.2) is 34.7 Å². The molecule has 2 aromatic rings. The Morgan fingerprint density at radius 1 is 1.18 bits per heavy atom. The second-order valence-corrected chi connectivity index (χ2v) is 4.82. The first kappa shape index (κ1) is 12.3. The maximum Gasteiger partial charge on any atom is 0.126 e. The van der Waals surface area contributed by atoms with Gasteiger partial charge in [0.05, 0.1) is 0 Å². The zero-order chi connectivity index (χ0) is 12.4. The van der Waals surface area contributed by atoms with Crippen LogP contribution in [0, 0.1) is 13.8 Å². The van der Waals surface area contributed by atoms with Gasteiger partial charge >= 0.3 is 0 Å². The molecule has 1 aromatic heterocycles. The van der Waals surface area contributed by atoms with E-state index in [4.69, 9.17) is 16.0 Å². The summed E-state index contributed by atoms with van der Waals surface area (Å²) < 4.78 is 5.70. The quantitative estimate of drug-likeness (QED) is 0.712. The van der Waals surface area contributed by atoms with E-state index in [1.54, 1.807) is 0 Å². The van der Waals surface area contributed by atoms with E-state index >= 15 is 0 Å². The zero-order valence-electron chi connectivity index (χ0n) is 10.5. The normalized spacial score (nSPS) is 12.7. The number of alkyl halides is 1. The Bertz CT molecular complexity index is 513. The number of benzene rings is 1. The molecule has 90 valence electrons. The van der Waals surface area contributed by atoms with Crippen LogP contribution >= 0.6 is 11.6 Å². The SMILES string of the molecule is CCc1ccc(C(Cl)c2ccc(C)cc2C)o1. The van der Waals surface area contributed by atoms with Crippen molar-refractivity contribution in [3.63, 3.8) is 0 Å². The highest BCUT2D eigenvalue weighted by Gasteiger charge is 2.16. The number of rotatable bonds is 3. The first-order valence-corrected chi connectivity index (χ1v) is 6.35. The Hall–Kier alpha value is -1.21. The molecule has 1 atom stereocenters. The molecule has 2 heteroatoms. The van der Waals surface area contributed by atoms with E-state index in [2.05, 4.69) is 39.0 Å². The van der Waals surface area contributed by atoms with Crippen molar-refractivity contribution in [2.75, 3.05) is 0 Å². The second-order valence-electron chi connectivity index (χ2n) is 4.38. The fourth-order valence-corrected chi connectivity index (χ4v) is 2.35. The average Bonchev–Trinajstić information content (AvgIpc) is 2.76. The summed E-state index contributed by atoms with van der Waals surface area (Å²) in [5, 5.41) is -0.198. The third-order valence-electron chi connectivity index (χ3n) is 2.98. The van der Waals surface area contributed by atoms with E-state index < -0.39 is 0 Å². The standard InChI is InChI=1S/C15H17ClO/c1-4-12-6-8-14(17-12)15(16)13-7-5-10(2)9-11(13)3/h5-9,15H,4H2,1-3H3. The second kappa shape index (κ2) is 4.97. The molecule has 0 radical (unpaired) electrons. The first-order valence-electron chi connectivity index (χ1n) is 5.91. The first-order chi connectivity index (χ1) is 8.11. The Morgan fingerprint density at radius 2 is 1.94 bits per heavy atom. The molecule has 1 unspecified atom stereocenters. The number of hydrogen-bond donors (Lipinski definition) is 0. The third-order valence-corrected chi connectivity index (χ3v) is 3.43. The molecule has 1 nitrogen and oxygen atoms in total. The Labute approximate surface area is 107 Å². The van der Waals surface area contributed by atoms with E-state index in [9.17, 15) is 0 Å². The molecule has 0 spiro atoms. The predicted octanol–water partition coefficient (Wildman–Crippen LogP) is 4.79. The number of furan rings is 1. The van der Waals surface area contributed by atoms with Gasteiger partial charge in [-0.15, -0.1) is 11.6 Å². The smallest absolute Gasteiger partial charge is 0.126 e. The number of aryl methyl sites for hydroxylation is 3. The molecular weight excluding hydrogens is 232 g/mol. The summed E-state index contributed by atoms with van der Waals surface area (Å²) in [5.74, 6) is 1.81. The molecule has 17 heavy (non-hydrogen) atoms. The van der Waals surface area contributed by atoms with Gasteiger partial charge in [-0.1, -0.05) is 30.7 Å². The van der Waals surface area contributed by atoms with Gasteiger partial charge in [0.15, 0.2) is 0 Å². The number of hydrogen-bond acceptors (Lipinski definition) is 1. The molecular formula is C15H17ClO. The average molecular weight is 249 g/mol. The van der Waals surface area contributed by atoms with E-state index in [-0.39, 0.29) is 5.38 Å². The monoisotopic (exact) mass is 248 g/mol. The van der Waals surface area contributed by atoms with Crippen molar-refractivity contribution in [2.24, 2.45) is 0 Å². The van der Waals surface area contributed by atoms with Gasteiger partial charge in [-0.25, -0.2) is 0 Å². The minimum atomic E-state index is -0.198. The van der Waals surface area contributed by atoms with E-state index in [0.717, 1.165) is 23.5 Å². The molecule has 0 aliphatic carbocycles. The molecule has 0 amide bonds. The van der Waals surface area contributed by atoms with Gasteiger partial charge in [0, 0.05) is 6.42 Å². The van der Waals surface area contributed by atoms with Crippen LogP contribution in [0.4, 0.5) is 0 Å². The summed E-state index contributed by atoms with van der Waals surface area (Å²) >= 11 is 6.47. The van der Waals surface area contributed by atoms with Gasteiger partial charge in [0.1, 0.15) is 16.9 Å². The molecule has 0 aliphatic heterocycles. The van der Waals surface area contributed by atoms with E-state index in [0.29, 0.717) is 0 Å². The molecule has 0 saturated heterocycles. The Kier molecular flexibility index (Phi) is 3.58. The lowest BCUT2D eigenvalue weighted by molar-refractivity contribution is 0.474. The summed E-state index contributed by atoms with van der Waals surface area (Å²) in [6.07, 6.45) is 0.899. The highest BCUT2D eigenvalue weighted by atomic mass is 35.5. The third kappa shape index (κ3) is 2.55. The van der Waals surface area contributed by atoms with Gasteiger partial charge in [-0.05, 0) is 37.1 Å². The van der Waals surface area contributed by atoms with Gasteiger partial charge in [-0.3, -0.25) is 0 Å². The molecule has 0 saturated carbocycles. The largest absolute Gasteiger partial charge is 0.464 e. The van der Waals surface area contributed by atoms with Crippen molar-refractivity contribution in [1.29, 1.82) is 0 Å². The maximum atomic E-state index is 6.47. The van der Waals surface area contributed by atoms with Crippen molar-refractivity contribution in [2.45, 2.75) is 32.6 Å². The van der Waals surface area contributed by atoms with Gasteiger partial charge < -0.3 is 4.42 Å². The minimum absolute atomic E-state index is 0.198. The van der Waals surface area contributed by atoms with Crippen molar-refractivity contribution >= 4 is 11.6 Å². The van der Waals surface area contributed by atoms with Crippen LogP contribution in [0.3, 0.4) is 0 Å². The summed E-state index contributed by atoms with van der Waals surface area (Å²) in [6, 6.07) is 10.3. The van der Waals surface area contributed by atoms with Crippen molar-refractivity contribution in [3.05, 3.63) is 58.5 Å². The lowest BCUT2D eigenvalue weighted by atomic mass is 10.0. The summed E-state index contributed by atoms with van der Waals surface area (Å²) in [7, 11) is 0. The van der Waals surface area contributed by atoms with Crippen LogP contribution in [0.25, 0.3) is 0 Å². The lowest BCUT2D eigenvalue weighted by Gasteiger charge is -2.11. The van der Waals surface area contributed by atoms with Crippen LogP contribution in [-0.2, 0) is 6.42 Å². The van der Waals surface area contributed by atoms with E-state index in [1.165, 1.54) is 11.1 Å². The maximum absolute atomic E-state index is 6.47. The zero-order valence-corrected chi connectivity index (χ0v) is 11.2. The van der Waals surface area contributed by atoms with Gasteiger partial charge in [0.25, 0.3) is 0 Å².